The largest absolute Gasteiger partial charge is 0.305 e. The Morgan fingerprint density at radius 1 is 1.33 bits per heavy atom. The van der Waals surface area contributed by atoms with Crippen LogP contribution in [-0.4, -0.2) is 25.0 Å². The molecular weight excluding hydrogens is 206 g/mol. The van der Waals surface area contributed by atoms with Crippen LogP contribution in [0.3, 0.4) is 0 Å². The van der Waals surface area contributed by atoms with Crippen LogP contribution in [0.4, 0.5) is 0 Å². The summed E-state index contributed by atoms with van der Waals surface area (Å²) >= 11 is 6.04. The normalized spacial score (nSPS) is 30.0. The molecule has 0 bridgehead atoms. The van der Waals surface area contributed by atoms with E-state index >= 15 is 0 Å². The molecule has 3 rings (SSSR count). The van der Waals surface area contributed by atoms with Crippen molar-refractivity contribution >= 4 is 11.6 Å². The minimum absolute atomic E-state index is 0.760. The molecule has 2 aliphatic rings. The van der Waals surface area contributed by atoms with Crippen LogP contribution in [0, 0.1) is 5.92 Å². The molecule has 0 saturated carbocycles. The van der Waals surface area contributed by atoms with Crippen LogP contribution in [0.5, 0.6) is 0 Å². The van der Waals surface area contributed by atoms with Crippen LogP contribution >= 0.6 is 11.6 Å². The molecule has 1 fully saturated rings. The van der Waals surface area contributed by atoms with Gasteiger partial charge in [-0.15, -0.1) is 0 Å². The molecular formula is C13H16ClN. The van der Waals surface area contributed by atoms with Gasteiger partial charge in [-0.2, -0.15) is 0 Å². The van der Waals surface area contributed by atoms with Gasteiger partial charge in [0.05, 0.1) is 0 Å². The Hall–Kier alpha value is -0.530. The molecule has 0 N–H and O–H groups in total. The first-order valence-electron chi connectivity index (χ1n) is 5.71. The maximum absolute atomic E-state index is 6.04. The molecule has 1 aliphatic carbocycles. The number of nitrogens with zero attached hydrogens (tertiary/aromatic N) is 1. The SMILES string of the molecule is CN1CC2CCc3cc(Cl)ccc3C2C1. The maximum atomic E-state index is 6.04. The highest BCUT2D eigenvalue weighted by Crippen LogP contribution is 2.41. The van der Waals surface area contributed by atoms with Gasteiger partial charge < -0.3 is 4.90 Å². The molecule has 0 amide bonds. The zero-order chi connectivity index (χ0) is 10.4. The summed E-state index contributed by atoms with van der Waals surface area (Å²) in [4.78, 5) is 2.46. The van der Waals surface area contributed by atoms with Crippen molar-refractivity contribution in [2.24, 2.45) is 5.92 Å². The third-order valence-corrected chi connectivity index (χ3v) is 4.15. The highest BCUT2D eigenvalue weighted by Gasteiger charge is 2.35. The monoisotopic (exact) mass is 221 g/mol. The Bertz CT molecular complexity index is 388. The second-order valence-electron chi connectivity index (χ2n) is 4.97. The summed E-state index contributed by atoms with van der Waals surface area (Å²) in [6.45, 7) is 2.49. The minimum Gasteiger partial charge on any atom is -0.305 e. The average molecular weight is 222 g/mol. The van der Waals surface area contributed by atoms with E-state index in [-0.39, 0.29) is 0 Å². The number of halogens is 1. The van der Waals surface area contributed by atoms with E-state index in [2.05, 4.69) is 24.1 Å². The molecule has 1 heterocycles. The molecule has 2 heteroatoms. The van der Waals surface area contributed by atoms with Crippen molar-refractivity contribution in [1.82, 2.24) is 4.90 Å². The highest BCUT2D eigenvalue weighted by molar-refractivity contribution is 6.30. The van der Waals surface area contributed by atoms with Crippen molar-refractivity contribution in [3.63, 3.8) is 0 Å². The number of benzene rings is 1. The van der Waals surface area contributed by atoms with E-state index in [0.717, 1.165) is 16.9 Å². The number of rotatable bonds is 0. The molecule has 1 saturated heterocycles. The lowest BCUT2D eigenvalue weighted by Crippen LogP contribution is -2.18. The van der Waals surface area contributed by atoms with Crippen LogP contribution in [0.15, 0.2) is 18.2 Å². The van der Waals surface area contributed by atoms with Crippen LogP contribution in [-0.2, 0) is 6.42 Å². The number of hydrogen-bond donors (Lipinski definition) is 0. The molecule has 0 radical (unpaired) electrons. The Kier molecular flexibility index (Phi) is 2.26. The molecule has 1 aliphatic heterocycles. The number of fused-ring (bicyclic) bond motifs is 3. The summed E-state index contributed by atoms with van der Waals surface area (Å²) in [5.74, 6) is 1.64. The lowest BCUT2D eigenvalue weighted by molar-refractivity contribution is 0.387. The fraction of sp³-hybridized carbons (Fsp3) is 0.538. The van der Waals surface area contributed by atoms with E-state index in [1.54, 1.807) is 5.56 Å². The number of aryl methyl sites for hydroxylation is 1. The van der Waals surface area contributed by atoms with Gasteiger partial charge in [0, 0.05) is 24.0 Å². The summed E-state index contributed by atoms with van der Waals surface area (Å²) in [5.41, 5.74) is 3.04. The first kappa shape index (κ1) is 9.68. The van der Waals surface area contributed by atoms with Crippen LogP contribution in [0.2, 0.25) is 5.02 Å². The summed E-state index contributed by atoms with van der Waals surface area (Å²) < 4.78 is 0. The lowest BCUT2D eigenvalue weighted by Gasteiger charge is -2.27. The van der Waals surface area contributed by atoms with Crippen molar-refractivity contribution in [3.05, 3.63) is 34.3 Å². The number of hydrogen-bond acceptors (Lipinski definition) is 1. The van der Waals surface area contributed by atoms with Gasteiger partial charge >= 0.3 is 0 Å². The quantitative estimate of drug-likeness (QED) is 0.651. The molecule has 1 aromatic carbocycles. The Morgan fingerprint density at radius 2 is 2.20 bits per heavy atom. The average Bonchev–Trinajstić information content (AvgIpc) is 2.58. The number of likely N-dealkylation sites (N-methyl/N-ethyl adjacent to an activating group) is 1. The van der Waals surface area contributed by atoms with Gasteiger partial charge in [-0.3, -0.25) is 0 Å². The fourth-order valence-corrected chi connectivity index (χ4v) is 3.42. The second-order valence-corrected chi connectivity index (χ2v) is 5.41. The summed E-state index contributed by atoms with van der Waals surface area (Å²) in [6, 6.07) is 6.44. The molecule has 0 spiro atoms. The van der Waals surface area contributed by atoms with Gasteiger partial charge in [0.2, 0.25) is 0 Å². The molecule has 2 atom stereocenters. The zero-order valence-electron chi connectivity index (χ0n) is 9.04. The molecule has 1 nitrogen and oxygen atoms in total. The first-order valence-corrected chi connectivity index (χ1v) is 6.08. The van der Waals surface area contributed by atoms with E-state index in [9.17, 15) is 0 Å². The summed E-state index contributed by atoms with van der Waals surface area (Å²) in [6.07, 6.45) is 2.55. The molecule has 1 aromatic rings. The predicted octanol–water partition coefficient (Wildman–Crippen LogP) is 2.93. The van der Waals surface area contributed by atoms with Crippen LogP contribution < -0.4 is 0 Å². The van der Waals surface area contributed by atoms with Gasteiger partial charge in [-0.25, -0.2) is 0 Å². The van der Waals surface area contributed by atoms with Crippen molar-refractivity contribution in [1.29, 1.82) is 0 Å². The summed E-state index contributed by atoms with van der Waals surface area (Å²) in [7, 11) is 2.23. The van der Waals surface area contributed by atoms with E-state index in [1.165, 1.54) is 31.5 Å². The van der Waals surface area contributed by atoms with Crippen LogP contribution in [0.25, 0.3) is 0 Å². The van der Waals surface area contributed by atoms with Gasteiger partial charge in [0.1, 0.15) is 0 Å². The predicted molar refractivity (Wildman–Crippen MR) is 63.5 cm³/mol. The van der Waals surface area contributed by atoms with Crippen LogP contribution in [0.1, 0.15) is 23.5 Å². The van der Waals surface area contributed by atoms with E-state index in [0.29, 0.717) is 0 Å². The molecule has 0 aromatic heterocycles. The van der Waals surface area contributed by atoms with E-state index in [1.807, 2.05) is 6.07 Å². The van der Waals surface area contributed by atoms with Crippen molar-refractivity contribution < 1.29 is 0 Å². The van der Waals surface area contributed by atoms with E-state index in [4.69, 9.17) is 11.6 Å². The van der Waals surface area contributed by atoms with Gasteiger partial charge in [-0.05, 0) is 49.1 Å². The van der Waals surface area contributed by atoms with Crippen molar-refractivity contribution in [2.75, 3.05) is 20.1 Å². The lowest BCUT2D eigenvalue weighted by atomic mass is 9.77. The first-order chi connectivity index (χ1) is 7.24. The maximum Gasteiger partial charge on any atom is 0.0408 e. The standard InChI is InChI=1S/C13H16ClN/c1-15-7-10-3-2-9-6-11(14)4-5-12(9)13(10)8-15/h4-6,10,13H,2-3,7-8H2,1H3. The van der Waals surface area contributed by atoms with Crippen molar-refractivity contribution in [2.45, 2.75) is 18.8 Å². The zero-order valence-corrected chi connectivity index (χ0v) is 9.80. The molecule has 80 valence electrons. The third-order valence-electron chi connectivity index (χ3n) is 3.91. The molecule has 15 heavy (non-hydrogen) atoms. The third kappa shape index (κ3) is 1.58. The highest BCUT2D eigenvalue weighted by atomic mass is 35.5. The van der Waals surface area contributed by atoms with Gasteiger partial charge in [-0.1, -0.05) is 17.7 Å². The van der Waals surface area contributed by atoms with Gasteiger partial charge in [0.25, 0.3) is 0 Å². The topological polar surface area (TPSA) is 3.24 Å². The fourth-order valence-electron chi connectivity index (χ4n) is 3.23. The van der Waals surface area contributed by atoms with E-state index < -0.39 is 0 Å². The number of likely N-dealkylation sites (tertiary alicyclic amines) is 1. The Morgan fingerprint density at radius 3 is 3.07 bits per heavy atom. The minimum atomic E-state index is 0.760. The molecule has 2 unspecified atom stereocenters. The smallest absolute Gasteiger partial charge is 0.0408 e. The van der Waals surface area contributed by atoms with Crippen molar-refractivity contribution in [3.8, 4) is 0 Å². The summed E-state index contributed by atoms with van der Waals surface area (Å²) in [5, 5.41) is 0.888. The second kappa shape index (κ2) is 3.50. The van der Waals surface area contributed by atoms with Gasteiger partial charge in [0.15, 0.2) is 0 Å². The Labute approximate surface area is 96.0 Å². The Balaban J connectivity index is 2.01.